The summed E-state index contributed by atoms with van der Waals surface area (Å²) < 4.78 is 11.2. The molecule has 17 heavy (non-hydrogen) atoms. The average molecular weight is 239 g/mol. The molecule has 0 radical (unpaired) electrons. The van der Waals surface area contributed by atoms with E-state index in [9.17, 15) is 0 Å². The van der Waals surface area contributed by atoms with E-state index < -0.39 is 0 Å². The molecule has 5 nitrogen and oxygen atoms in total. The minimum absolute atomic E-state index is 0.0893. The smallest absolute Gasteiger partial charge is 0.178 e. The lowest BCUT2D eigenvalue weighted by atomic mass is 10.2. The highest BCUT2D eigenvalue weighted by molar-refractivity contribution is 5.03. The summed E-state index contributed by atoms with van der Waals surface area (Å²) in [6.07, 6.45) is 4.73. The van der Waals surface area contributed by atoms with E-state index in [1.807, 2.05) is 20.8 Å². The van der Waals surface area contributed by atoms with Crippen LogP contribution >= 0.6 is 0 Å². The van der Waals surface area contributed by atoms with Crippen LogP contribution in [0.4, 0.5) is 0 Å². The molecule has 0 bridgehead atoms. The van der Waals surface area contributed by atoms with Crippen LogP contribution in [0, 0.1) is 0 Å². The van der Waals surface area contributed by atoms with Crippen molar-refractivity contribution in [2.24, 2.45) is 0 Å². The average Bonchev–Trinajstić information content (AvgIpc) is 2.37. The molecule has 1 unspecified atom stereocenters. The second kappa shape index (κ2) is 8.11. The summed E-state index contributed by atoms with van der Waals surface area (Å²) in [4.78, 5) is 8.37. The first-order chi connectivity index (χ1) is 8.33. The maximum Gasteiger partial charge on any atom is 0.178 e. The molecule has 1 N–H and O–H groups in total. The number of rotatable bonds is 8. The molecule has 0 saturated heterocycles. The van der Waals surface area contributed by atoms with Crippen molar-refractivity contribution in [3.05, 3.63) is 24.3 Å². The largest absolute Gasteiger partial charge is 0.351 e. The van der Waals surface area contributed by atoms with Crippen LogP contribution in [0.5, 0.6) is 0 Å². The first-order valence-corrected chi connectivity index (χ1v) is 6.05. The van der Waals surface area contributed by atoms with E-state index >= 15 is 0 Å². The third kappa shape index (κ3) is 4.38. The molecule has 96 valence electrons. The minimum atomic E-state index is -0.332. The van der Waals surface area contributed by atoms with Crippen molar-refractivity contribution in [1.82, 2.24) is 15.3 Å². The van der Waals surface area contributed by atoms with Crippen molar-refractivity contribution in [2.45, 2.75) is 33.1 Å². The van der Waals surface area contributed by atoms with E-state index in [4.69, 9.17) is 9.47 Å². The molecule has 1 aromatic heterocycles. The van der Waals surface area contributed by atoms with Gasteiger partial charge >= 0.3 is 0 Å². The van der Waals surface area contributed by atoms with Gasteiger partial charge in [-0.2, -0.15) is 0 Å². The Morgan fingerprint density at radius 3 is 2.35 bits per heavy atom. The van der Waals surface area contributed by atoms with Crippen molar-refractivity contribution < 1.29 is 9.47 Å². The SMILES string of the molecule is CCNC(c1cnccn1)C(OCC)OCC. The van der Waals surface area contributed by atoms with Gasteiger partial charge in [0.05, 0.1) is 11.9 Å². The van der Waals surface area contributed by atoms with E-state index in [0.717, 1.165) is 12.2 Å². The molecular formula is C12H21N3O2. The molecule has 1 atom stereocenters. The zero-order valence-electron chi connectivity index (χ0n) is 10.7. The Hall–Kier alpha value is -1.04. The van der Waals surface area contributed by atoms with E-state index in [2.05, 4.69) is 15.3 Å². The molecule has 0 fully saturated rings. The second-order valence-electron chi connectivity index (χ2n) is 3.44. The maximum absolute atomic E-state index is 5.60. The van der Waals surface area contributed by atoms with E-state index in [0.29, 0.717) is 13.2 Å². The fourth-order valence-corrected chi connectivity index (χ4v) is 1.60. The van der Waals surface area contributed by atoms with Crippen LogP contribution in [0.2, 0.25) is 0 Å². The van der Waals surface area contributed by atoms with Crippen molar-refractivity contribution >= 4 is 0 Å². The van der Waals surface area contributed by atoms with Crippen molar-refractivity contribution in [1.29, 1.82) is 0 Å². The summed E-state index contributed by atoms with van der Waals surface area (Å²) in [6, 6.07) is -0.0893. The molecule has 0 spiro atoms. The van der Waals surface area contributed by atoms with Gasteiger partial charge in [0, 0.05) is 25.6 Å². The molecular weight excluding hydrogens is 218 g/mol. The highest BCUT2D eigenvalue weighted by Crippen LogP contribution is 2.17. The second-order valence-corrected chi connectivity index (χ2v) is 3.44. The summed E-state index contributed by atoms with van der Waals surface area (Å²) >= 11 is 0. The third-order valence-electron chi connectivity index (χ3n) is 2.26. The lowest BCUT2D eigenvalue weighted by molar-refractivity contribution is -0.155. The molecule has 1 heterocycles. The Labute approximate surface area is 103 Å². The Balaban J connectivity index is 2.81. The van der Waals surface area contributed by atoms with Gasteiger partial charge in [-0.3, -0.25) is 9.97 Å². The summed E-state index contributed by atoms with van der Waals surface area (Å²) in [5, 5.41) is 3.32. The van der Waals surface area contributed by atoms with Gasteiger partial charge in [-0.15, -0.1) is 0 Å². The van der Waals surface area contributed by atoms with Crippen LogP contribution in [0.15, 0.2) is 18.6 Å². The zero-order chi connectivity index (χ0) is 12.5. The predicted molar refractivity (Wildman–Crippen MR) is 65.5 cm³/mol. The van der Waals surface area contributed by atoms with Crippen molar-refractivity contribution in [3.63, 3.8) is 0 Å². The van der Waals surface area contributed by atoms with Crippen LogP contribution in [0.1, 0.15) is 32.5 Å². The zero-order valence-corrected chi connectivity index (χ0v) is 10.7. The van der Waals surface area contributed by atoms with Gasteiger partial charge in [0.1, 0.15) is 6.04 Å². The fraction of sp³-hybridized carbons (Fsp3) is 0.667. The lowest BCUT2D eigenvalue weighted by Gasteiger charge is -2.26. The summed E-state index contributed by atoms with van der Waals surface area (Å²) in [6.45, 7) is 7.97. The van der Waals surface area contributed by atoms with Crippen LogP contribution < -0.4 is 5.32 Å². The summed E-state index contributed by atoms with van der Waals surface area (Å²) in [5.74, 6) is 0. The van der Waals surface area contributed by atoms with Gasteiger partial charge in [0.15, 0.2) is 6.29 Å². The number of ether oxygens (including phenoxy) is 2. The molecule has 1 aromatic rings. The number of aromatic nitrogens is 2. The monoisotopic (exact) mass is 239 g/mol. The predicted octanol–water partition coefficient (Wildman–Crippen LogP) is 1.53. The summed E-state index contributed by atoms with van der Waals surface area (Å²) in [7, 11) is 0. The first-order valence-electron chi connectivity index (χ1n) is 6.05. The molecule has 0 amide bonds. The number of hydrogen-bond donors (Lipinski definition) is 1. The molecule has 5 heteroatoms. The van der Waals surface area contributed by atoms with Crippen LogP contribution in [-0.2, 0) is 9.47 Å². The van der Waals surface area contributed by atoms with Gasteiger partial charge in [-0.1, -0.05) is 6.92 Å². The topological polar surface area (TPSA) is 56.3 Å². The lowest BCUT2D eigenvalue weighted by Crippen LogP contribution is -2.36. The Morgan fingerprint density at radius 1 is 1.18 bits per heavy atom. The molecule has 0 aliphatic heterocycles. The first kappa shape index (κ1) is 14.0. The molecule has 0 aliphatic rings. The maximum atomic E-state index is 5.60. The van der Waals surface area contributed by atoms with E-state index in [-0.39, 0.29) is 12.3 Å². The Morgan fingerprint density at radius 2 is 1.88 bits per heavy atom. The van der Waals surface area contributed by atoms with Crippen LogP contribution in [0.3, 0.4) is 0 Å². The molecule has 0 aromatic carbocycles. The normalized spacial score (nSPS) is 12.9. The van der Waals surface area contributed by atoms with E-state index in [1.165, 1.54) is 0 Å². The van der Waals surface area contributed by atoms with Gasteiger partial charge < -0.3 is 14.8 Å². The number of hydrogen-bond acceptors (Lipinski definition) is 5. The van der Waals surface area contributed by atoms with Crippen molar-refractivity contribution in [3.8, 4) is 0 Å². The van der Waals surface area contributed by atoms with Crippen LogP contribution in [0.25, 0.3) is 0 Å². The molecule has 1 rings (SSSR count). The van der Waals surface area contributed by atoms with Crippen LogP contribution in [-0.4, -0.2) is 36.0 Å². The molecule has 0 aliphatic carbocycles. The van der Waals surface area contributed by atoms with Gasteiger partial charge in [-0.05, 0) is 20.4 Å². The Kier molecular flexibility index (Phi) is 6.69. The number of nitrogens with zero attached hydrogens (tertiary/aromatic N) is 2. The van der Waals surface area contributed by atoms with E-state index in [1.54, 1.807) is 18.6 Å². The summed E-state index contributed by atoms with van der Waals surface area (Å²) in [5.41, 5.74) is 0.834. The minimum Gasteiger partial charge on any atom is -0.351 e. The highest BCUT2D eigenvalue weighted by Gasteiger charge is 2.24. The van der Waals surface area contributed by atoms with Gasteiger partial charge in [0.2, 0.25) is 0 Å². The number of likely N-dealkylation sites (N-methyl/N-ethyl adjacent to an activating group) is 1. The fourth-order valence-electron chi connectivity index (χ4n) is 1.60. The number of nitrogens with one attached hydrogen (secondary N) is 1. The quantitative estimate of drug-likeness (QED) is 0.697. The molecule has 0 saturated carbocycles. The van der Waals surface area contributed by atoms with Crippen molar-refractivity contribution in [2.75, 3.05) is 19.8 Å². The van der Waals surface area contributed by atoms with Gasteiger partial charge in [-0.25, -0.2) is 0 Å². The Bertz CT molecular complexity index is 289. The standard InChI is InChI=1S/C12H21N3O2/c1-4-14-11(10-9-13-7-8-15-10)12(16-5-2)17-6-3/h7-9,11-12,14H,4-6H2,1-3H3. The third-order valence-corrected chi connectivity index (χ3v) is 2.26. The highest BCUT2D eigenvalue weighted by atomic mass is 16.7. The van der Waals surface area contributed by atoms with Gasteiger partial charge in [0.25, 0.3) is 0 Å².